The Balaban J connectivity index is 1.45. The summed E-state index contributed by atoms with van der Waals surface area (Å²) in [5.74, 6) is 0.492. The van der Waals surface area contributed by atoms with Gasteiger partial charge in [0.1, 0.15) is 0 Å². The van der Waals surface area contributed by atoms with Crippen LogP contribution in [0.4, 0.5) is 5.69 Å². The van der Waals surface area contributed by atoms with E-state index < -0.39 is 0 Å². The molecule has 1 saturated carbocycles. The summed E-state index contributed by atoms with van der Waals surface area (Å²) in [5, 5.41) is 2.96. The van der Waals surface area contributed by atoms with Crippen molar-refractivity contribution < 1.29 is 14.3 Å². The predicted octanol–water partition coefficient (Wildman–Crippen LogP) is 1.68. The number of pyridine rings is 1. The lowest BCUT2D eigenvalue weighted by Gasteiger charge is -2.44. The molecule has 4 rings (SSSR count). The summed E-state index contributed by atoms with van der Waals surface area (Å²) in [4.78, 5) is 31.1. The second-order valence-electron chi connectivity index (χ2n) is 7.05. The fraction of sp³-hybridized carbons (Fsp3) is 0.611. The normalized spacial score (nSPS) is 29.7. The van der Waals surface area contributed by atoms with Crippen LogP contribution in [0.15, 0.2) is 24.5 Å². The molecule has 128 valence electrons. The molecule has 0 aromatic carbocycles. The molecule has 0 radical (unpaired) electrons. The van der Waals surface area contributed by atoms with E-state index in [0.29, 0.717) is 25.3 Å². The molecular weight excluding hydrogens is 306 g/mol. The molecule has 1 N–H and O–H groups in total. The number of piperidine rings is 1. The van der Waals surface area contributed by atoms with E-state index in [1.807, 2.05) is 11.0 Å². The molecule has 3 atom stereocenters. The molecule has 3 aliphatic rings. The van der Waals surface area contributed by atoms with Crippen LogP contribution in [-0.2, 0) is 14.3 Å². The van der Waals surface area contributed by atoms with Crippen molar-refractivity contribution in [3.05, 3.63) is 24.5 Å². The van der Waals surface area contributed by atoms with E-state index in [-0.39, 0.29) is 35.7 Å². The average molecular weight is 329 g/mol. The largest absolute Gasteiger partial charge is 0.378 e. The summed E-state index contributed by atoms with van der Waals surface area (Å²) < 4.78 is 5.89. The molecule has 1 aliphatic carbocycles. The van der Waals surface area contributed by atoms with E-state index in [4.69, 9.17) is 4.74 Å². The van der Waals surface area contributed by atoms with Gasteiger partial charge in [-0.1, -0.05) is 0 Å². The van der Waals surface area contributed by atoms with Crippen LogP contribution in [0.25, 0.3) is 0 Å². The lowest BCUT2D eigenvalue weighted by atomic mass is 9.79. The molecular formula is C18H23N3O3. The van der Waals surface area contributed by atoms with Gasteiger partial charge in [-0.3, -0.25) is 14.6 Å². The summed E-state index contributed by atoms with van der Waals surface area (Å²) in [7, 11) is 0. The summed E-state index contributed by atoms with van der Waals surface area (Å²) >= 11 is 0. The minimum Gasteiger partial charge on any atom is -0.378 e. The monoisotopic (exact) mass is 329 g/mol. The Hall–Kier alpha value is -1.95. The Morgan fingerprint density at radius 1 is 1.25 bits per heavy atom. The third-order valence-electron chi connectivity index (χ3n) is 5.37. The molecule has 3 fully saturated rings. The zero-order valence-electron chi connectivity index (χ0n) is 13.7. The maximum absolute atomic E-state index is 12.7. The number of aromatic nitrogens is 1. The number of nitrogens with zero attached hydrogens (tertiary/aromatic N) is 2. The van der Waals surface area contributed by atoms with Crippen molar-refractivity contribution in [3.8, 4) is 0 Å². The molecule has 6 nitrogen and oxygen atoms in total. The van der Waals surface area contributed by atoms with E-state index in [2.05, 4.69) is 10.3 Å². The Bertz CT molecular complexity index is 617. The maximum atomic E-state index is 12.7. The van der Waals surface area contributed by atoms with Gasteiger partial charge in [-0.25, -0.2) is 0 Å². The second kappa shape index (κ2) is 6.51. The fourth-order valence-electron chi connectivity index (χ4n) is 3.90. The van der Waals surface area contributed by atoms with Crippen molar-refractivity contribution in [3.63, 3.8) is 0 Å². The van der Waals surface area contributed by atoms with Gasteiger partial charge < -0.3 is 15.0 Å². The average Bonchev–Trinajstić information content (AvgIpc) is 3.46. The van der Waals surface area contributed by atoms with Gasteiger partial charge in [0, 0.05) is 43.6 Å². The van der Waals surface area contributed by atoms with Gasteiger partial charge in [-0.15, -0.1) is 0 Å². The van der Waals surface area contributed by atoms with Crippen LogP contribution >= 0.6 is 0 Å². The second-order valence-corrected chi connectivity index (χ2v) is 7.05. The molecule has 0 bridgehead atoms. The number of nitrogens with one attached hydrogen (secondary N) is 1. The molecule has 0 unspecified atom stereocenters. The fourth-order valence-corrected chi connectivity index (χ4v) is 3.90. The van der Waals surface area contributed by atoms with Gasteiger partial charge in [0.2, 0.25) is 11.8 Å². The highest BCUT2D eigenvalue weighted by atomic mass is 16.5. The number of hydrogen-bond acceptors (Lipinski definition) is 4. The van der Waals surface area contributed by atoms with Crippen LogP contribution in [0.3, 0.4) is 0 Å². The zero-order valence-corrected chi connectivity index (χ0v) is 13.7. The van der Waals surface area contributed by atoms with Crippen molar-refractivity contribution in [2.45, 2.75) is 31.8 Å². The summed E-state index contributed by atoms with van der Waals surface area (Å²) in [6, 6.07) is 3.64. The minimum absolute atomic E-state index is 0.0158. The minimum atomic E-state index is -0.112. The summed E-state index contributed by atoms with van der Waals surface area (Å²) in [6.45, 7) is 2.02. The highest BCUT2D eigenvalue weighted by Crippen LogP contribution is 2.37. The number of anilines is 1. The standard InChI is InChI=1S/C18H23N3O3/c22-17(20-13-2-1-7-19-10-13)14-6-9-24-16-5-8-21(11-15(14)16)18(23)12-3-4-12/h1-2,7,10,12,14-16H,3-6,8-9,11H2,(H,20,22)/t14-,15+,16-/m1/s1. The van der Waals surface area contributed by atoms with Gasteiger partial charge in [-0.2, -0.15) is 0 Å². The number of hydrogen-bond donors (Lipinski definition) is 1. The smallest absolute Gasteiger partial charge is 0.228 e. The van der Waals surface area contributed by atoms with Gasteiger partial charge in [-0.05, 0) is 37.8 Å². The predicted molar refractivity (Wildman–Crippen MR) is 88.1 cm³/mol. The Kier molecular flexibility index (Phi) is 4.22. The van der Waals surface area contributed by atoms with Gasteiger partial charge >= 0.3 is 0 Å². The molecule has 0 spiro atoms. The van der Waals surface area contributed by atoms with E-state index in [1.165, 1.54) is 0 Å². The SMILES string of the molecule is O=C(Nc1cccnc1)[C@@H]1CCO[C@@H]2CCN(C(=O)C3CC3)C[C@H]21. The molecule has 6 heteroatoms. The summed E-state index contributed by atoms with van der Waals surface area (Å²) in [5.41, 5.74) is 0.715. The first kappa shape index (κ1) is 15.6. The topological polar surface area (TPSA) is 71.5 Å². The van der Waals surface area contributed by atoms with Gasteiger partial charge in [0.25, 0.3) is 0 Å². The van der Waals surface area contributed by atoms with Crippen LogP contribution < -0.4 is 5.32 Å². The zero-order chi connectivity index (χ0) is 16.5. The van der Waals surface area contributed by atoms with Crippen LogP contribution in [0.1, 0.15) is 25.7 Å². The first-order valence-electron chi connectivity index (χ1n) is 8.83. The van der Waals surface area contributed by atoms with Crippen molar-refractivity contribution >= 4 is 17.5 Å². The Morgan fingerprint density at radius 3 is 2.88 bits per heavy atom. The van der Waals surface area contributed by atoms with Crippen LogP contribution in [0.2, 0.25) is 0 Å². The highest BCUT2D eigenvalue weighted by Gasteiger charge is 2.44. The number of carbonyl (C=O) groups excluding carboxylic acids is 2. The number of ether oxygens (including phenoxy) is 1. The number of carbonyl (C=O) groups is 2. The number of fused-ring (bicyclic) bond motifs is 1. The third kappa shape index (κ3) is 3.15. The quantitative estimate of drug-likeness (QED) is 0.916. The summed E-state index contributed by atoms with van der Waals surface area (Å²) in [6.07, 6.45) is 7.00. The Morgan fingerprint density at radius 2 is 2.12 bits per heavy atom. The van der Waals surface area contributed by atoms with Crippen molar-refractivity contribution in [2.24, 2.45) is 17.8 Å². The number of amides is 2. The number of likely N-dealkylation sites (tertiary alicyclic amines) is 1. The van der Waals surface area contributed by atoms with Gasteiger partial charge in [0.05, 0.1) is 18.0 Å². The van der Waals surface area contributed by atoms with Crippen molar-refractivity contribution in [1.29, 1.82) is 0 Å². The van der Waals surface area contributed by atoms with E-state index in [0.717, 1.165) is 25.8 Å². The maximum Gasteiger partial charge on any atom is 0.228 e. The Labute approximate surface area is 141 Å². The molecule has 2 saturated heterocycles. The molecule has 1 aromatic heterocycles. The molecule has 2 amide bonds. The first-order valence-corrected chi connectivity index (χ1v) is 8.83. The number of rotatable bonds is 3. The van der Waals surface area contributed by atoms with Crippen LogP contribution in [0, 0.1) is 17.8 Å². The lowest BCUT2D eigenvalue weighted by molar-refractivity contribution is -0.148. The first-order chi connectivity index (χ1) is 11.7. The van der Waals surface area contributed by atoms with E-state index in [1.54, 1.807) is 18.5 Å². The lowest BCUT2D eigenvalue weighted by Crippen LogP contribution is -2.54. The van der Waals surface area contributed by atoms with Crippen LogP contribution in [-0.4, -0.2) is 47.5 Å². The van der Waals surface area contributed by atoms with Crippen molar-refractivity contribution in [1.82, 2.24) is 9.88 Å². The van der Waals surface area contributed by atoms with Crippen LogP contribution in [0.5, 0.6) is 0 Å². The molecule has 1 aromatic rings. The molecule has 24 heavy (non-hydrogen) atoms. The van der Waals surface area contributed by atoms with E-state index in [9.17, 15) is 9.59 Å². The molecule has 2 aliphatic heterocycles. The van der Waals surface area contributed by atoms with Crippen molar-refractivity contribution in [2.75, 3.05) is 25.0 Å². The van der Waals surface area contributed by atoms with E-state index >= 15 is 0 Å². The highest BCUT2D eigenvalue weighted by molar-refractivity contribution is 5.92. The molecule has 3 heterocycles. The third-order valence-corrected chi connectivity index (χ3v) is 5.37. The van der Waals surface area contributed by atoms with Gasteiger partial charge in [0.15, 0.2) is 0 Å².